The molecule has 3 atom stereocenters. The fourth-order valence-corrected chi connectivity index (χ4v) is 4.58. The molecule has 0 spiro atoms. The molecule has 2 aliphatic rings. The summed E-state index contributed by atoms with van der Waals surface area (Å²) in [6.07, 6.45) is 3.62. The molecule has 168 valence electrons. The highest BCUT2D eigenvalue weighted by atomic mass is 16.6. The molecule has 2 aliphatic heterocycles. The third-order valence-electron chi connectivity index (χ3n) is 6.25. The van der Waals surface area contributed by atoms with Crippen LogP contribution in [0, 0.1) is 5.92 Å². The predicted octanol–water partition coefficient (Wildman–Crippen LogP) is 2.94. The van der Waals surface area contributed by atoms with Crippen LogP contribution in [0.25, 0.3) is 10.9 Å². The Morgan fingerprint density at radius 1 is 1.09 bits per heavy atom. The number of ether oxygens (including phenoxy) is 4. The van der Waals surface area contributed by atoms with Gasteiger partial charge in [0, 0.05) is 30.2 Å². The number of benzene rings is 2. The van der Waals surface area contributed by atoms with E-state index in [2.05, 4.69) is 22.4 Å². The van der Waals surface area contributed by atoms with E-state index in [1.165, 1.54) is 5.56 Å². The normalized spacial score (nSPS) is 22.5. The largest absolute Gasteiger partial charge is 0.497 e. The third-order valence-corrected chi connectivity index (χ3v) is 6.25. The second kappa shape index (κ2) is 9.22. The van der Waals surface area contributed by atoms with Gasteiger partial charge in [0.25, 0.3) is 0 Å². The number of nitrogens with zero attached hydrogens (tertiary/aromatic N) is 1. The molecule has 0 aliphatic carbocycles. The number of hydrogen-bond donors (Lipinski definition) is 2. The van der Waals surface area contributed by atoms with E-state index in [1.54, 1.807) is 13.3 Å². The standard InChI is InChI=1S/C25H29N3O4/c1-29-19-3-4-21-20(13-19)23(6-7-27-21)32-15-22-17(12-18(26)14-28-22)10-16-2-5-24-25(11-16)31-9-8-30-24/h2-7,11,13,17-18,22,28H,8-10,12,14-15,26H2,1H3. The van der Waals surface area contributed by atoms with Crippen LogP contribution in [-0.4, -0.2) is 50.5 Å². The smallest absolute Gasteiger partial charge is 0.161 e. The van der Waals surface area contributed by atoms with Gasteiger partial charge in [-0.2, -0.15) is 0 Å². The van der Waals surface area contributed by atoms with E-state index >= 15 is 0 Å². The fraction of sp³-hybridized carbons (Fsp3) is 0.400. The second-order valence-electron chi connectivity index (χ2n) is 8.46. The van der Waals surface area contributed by atoms with Crippen LogP contribution in [0.2, 0.25) is 0 Å². The fourth-order valence-electron chi connectivity index (χ4n) is 4.58. The monoisotopic (exact) mass is 435 g/mol. The van der Waals surface area contributed by atoms with Gasteiger partial charge in [0.1, 0.15) is 31.3 Å². The molecule has 2 aromatic carbocycles. The SMILES string of the molecule is COc1ccc2nccc(OCC3NCC(N)CC3Cc3ccc4c(c3)OCCO4)c2c1. The molecule has 0 saturated carbocycles. The number of fused-ring (bicyclic) bond motifs is 2. The first-order valence-corrected chi connectivity index (χ1v) is 11.1. The van der Waals surface area contributed by atoms with Crippen LogP contribution < -0.4 is 30.0 Å². The maximum atomic E-state index is 6.31. The van der Waals surface area contributed by atoms with E-state index < -0.39 is 0 Å². The van der Waals surface area contributed by atoms with Crippen LogP contribution in [0.1, 0.15) is 12.0 Å². The summed E-state index contributed by atoms with van der Waals surface area (Å²) >= 11 is 0. The molecule has 3 heterocycles. The van der Waals surface area contributed by atoms with Gasteiger partial charge in [-0.25, -0.2) is 0 Å². The summed E-state index contributed by atoms with van der Waals surface area (Å²) in [6.45, 7) is 2.53. The molecular formula is C25H29N3O4. The zero-order valence-electron chi connectivity index (χ0n) is 18.3. The summed E-state index contributed by atoms with van der Waals surface area (Å²) < 4.78 is 23.1. The Balaban J connectivity index is 1.32. The molecule has 32 heavy (non-hydrogen) atoms. The van der Waals surface area contributed by atoms with Gasteiger partial charge >= 0.3 is 0 Å². The molecular weight excluding hydrogens is 406 g/mol. The molecule has 5 rings (SSSR count). The molecule has 3 N–H and O–H groups in total. The maximum absolute atomic E-state index is 6.31. The number of piperidine rings is 1. The zero-order valence-corrected chi connectivity index (χ0v) is 18.3. The molecule has 1 saturated heterocycles. The molecule has 7 nitrogen and oxygen atoms in total. The summed E-state index contributed by atoms with van der Waals surface area (Å²) in [4.78, 5) is 4.44. The Hall–Kier alpha value is -3.03. The first-order valence-electron chi connectivity index (χ1n) is 11.1. The predicted molar refractivity (Wildman–Crippen MR) is 123 cm³/mol. The molecule has 3 aromatic rings. The highest BCUT2D eigenvalue weighted by molar-refractivity contribution is 5.86. The number of pyridine rings is 1. The summed E-state index contributed by atoms with van der Waals surface area (Å²) in [5.41, 5.74) is 8.40. The molecule has 1 fully saturated rings. The molecule has 0 bridgehead atoms. The number of aromatic nitrogens is 1. The Kier molecular flexibility index (Phi) is 6.01. The molecule has 7 heteroatoms. The Morgan fingerprint density at radius 3 is 2.84 bits per heavy atom. The number of nitrogens with two attached hydrogens (primary N) is 1. The average Bonchev–Trinajstić information content (AvgIpc) is 2.83. The van der Waals surface area contributed by atoms with Gasteiger partial charge in [0.2, 0.25) is 0 Å². The van der Waals surface area contributed by atoms with Crippen molar-refractivity contribution in [3.63, 3.8) is 0 Å². The zero-order chi connectivity index (χ0) is 21.9. The summed E-state index contributed by atoms with van der Waals surface area (Å²) in [6, 6.07) is 14.3. The van der Waals surface area contributed by atoms with Gasteiger partial charge in [-0.05, 0) is 60.7 Å². The van der Waals surface area contributed by atoms with Crippen LogP contribution >= 0.6 is 0 Å². The molecule has 3 unspecified atom stereocenters. The van der Waals surface area contributed by atoms with Crippen molar-refractivity contribution in [3.8, 4) is 23.0 Å². The summed E-state index contributed by atoms with van der Waals surface area (Å²) in [5.74, 6) is 3.59. The maximum Gasteiger partial charge on any atom is 0.161 e. The second-order valence-corrected chi connectivity index (χ2v) is 8.46. The minimum atomic E-state index is 0.138. The number of methoxy groups -OCH3 is 1. The average molecular weight is 436 g/mol. The number of hydrogen-bond acceptors (Lipinski definition) is 7. The van der Waals surface area contributed by atoms with Crippen molar-refractivity contribution in [2.75, 3.05) is 33.5 Å². The number of rotatable bonds is 6. The van der Waals surface area contributed by atoms with Crippen molar-refractivity contribution in [2.45, 2.75) is 24.9 Å². The molecule has 1 aromatic heterocycles. The summed E-state index contributed by atoms with van der Waals surface area (Å²) in [5, 5.41) is 4.54. The molecule has 0 amide bonds. The van der Waals surface area contributed by atoms with Crippen molar-refractivity contribution in [1.82, 2.24) is 10.3 Å². The Morgan fingerprint density at radius 2 is 1.97 bits per heavy atom. The lowest BCUT2D eigenvalue weighted by atomic mass is 9.84. The van der Waals surface area contributed by atoms with Crippen LogP contribution in [0.15, 0.2) is 48.7 Å². The summed E-state index contributed by atoms with van der Waals surface area (Å²) in [7, 11) is 1.66. The lowest BCUT2D eigenvalue weighted by Crippen LogP contribution is -2.53. The minimum absolute atomic E-state index is 0.138. The Labute approximate surface area is 187 Å². The number of nitrogens with one attached hydrogen (secondary N) is 1. The van der Waals surface area contributed by atoms with E-state index in [1.807, 2.05) is 30.3 Å². The van der Waals surface area contributed by atoms with E-state index in [-0.39, 0.29) is 12.1 Å². The van der Waals surface area contributed by atoms with Gasteiger partial charge in [-0.1, -0.05) is 6.07 Å². The topological polar surface area (TPSA) is 87.9 Å². The van der Waals surface area contributed by atoms with Crippen LogP contribution in [0.5, 0.6) is 23.0 Å². The van der Waals surface area contributed by atoms with Crippen LogP contribution in [0.4, 0.5) is 0 Å². The quantitative estimate of drug-likeness (QED) is 0.615. The van der Waals surface area contributed by atoms with Crippen molar-refractivity contribution in [1.29, 1.82) is 0 Å². The van der Waals surface area contributed by atoms with Gasteiger partial charge in [0.05, 0.1) is 12.6 Å². The van der Waals surface area contributed by atoms with Gasteiger partial charge in [-0.15, -0.1) is 0 Å². The van der Waals surface area contributed by atoms with Crippen LogP contribution in [-0.2, 0) is 6.42 Å². The minimum Gasteiger partial charge on any atom is -0.497 e. The lowest BCUT2D eigenvalue weighted by Gasteiger charge is -2.36. The Bertz CT molecular complexity index is 1090. The van der Waals surface area contributed by atoms with E-state index in [0.29, 0.717) is 25.7 Å². The first kappa shape index (κ1) is 20.8. The molecule has 0 radical (unpaired) electrons. The highest BCUT2D eigenvalue weighted by Gasteiger charge is 2.30. The van der Waals surface area contributed by atoms with Crippen molar-refractivity contribution < 1.29 is 18.9 Å². The van der Waals surface area contributed by atoms with E-state index in [4.69, 9.17) is 24.7 Å². The van der Waals surface area contributed by atoms with Crippen molar-refractivity contribution in [2.24, 2.45) is 11.7 Å². The van der Waals surface area contributed by atoms with E-state index in [0.717, 1.165) is 53.3 Å². The highest BCUT2D eigenvalue weighted by Crippen LogP contribution is 2.33. The third kappa shape index (κ3) is 4.45. The first-order chi connectivity index (χ1) is 15.7. The van der Waals surface area contributed by atoms with Gasteiger partial charge in [0.15, 0.2) is 11.5 Å². The lowest BCUT2D eigenvalue weighted by molar-refractivity contribution is 0.169. The van der Waals surface area contributed by atoms with E-state index in [9.17, 15) is 0 Å². The van der Waals surface area contributed by atoms with Gasteiger partial charge in [-0.3, -0.25) is 4.98 Å². The van der Waals surface area contributed by atoms with Crippen molar-refractivity contribution in [3.05, 3.63) is 54.2 Å². The van der Waals surface area contributed by atoms with Crippen molar-refractivity contribution >= 4 is 10.9 Å². The van der Waals surface area contributed by atoms with Crippen LogP contribution in [0.3, 0.4) is 0 Å². The van der Waals surface area contributed by atoms with Gasteiger partial charge < -0.3 is 30.0 Å².